The Hall–Kier alpha value is -1.54. The average molecular weight is 259 g/mol. The van der Waals surface area contributed by atoms with Gasteiger partial charge in [-0.3, -0.25) is 0 Å². The number of rotatable bonds is 3. The van der Waals surface area contributed by atoms with Crippen LogP contribution >= 0.6 is 11.3 Å². The molecule has 86 valence electrons. The van der Waals surface area contributed by atoms with Crippen LogP contribution in [-0.4, -0.2) is 13.6 Å². The monoisotopic (exact) mass is 259 g/mol. The molecule has 2 rings (SSSR count). The molecule has 0 saturated carbocycles. The summed E-state index contributed by atoms with van der Waals surface area (Å²) in [6.07, 6.45) is 0. The Morgan fingerprint density at radius 1 is 1.50 bits per heavy atom. The van der Waals surface area contributed by atoms with E-state index in [-0.39, 0.29) is 10.1 Å². The van der Waals surface area contributed by atoms with E-state index in [0.717, 1.165) is 11.3 Å². The van der Waals surface area contributed by atoms with Crippen molar-refractivity contribution < 1.29 is 12.9 Å². The van der Waals surface area contributed by atoms with Crippen molar-refractivity contribution >= 4 is 32.9 Å². The molecule has 0 aromatic carbocycles. The minimum absolute atomic E-state index is 0.0875. The molecular formula is C8H9N3O3S2. The van der Waals surface area contributed by atoms with Gasteiger partial charge in [-0.25, -0.2) is 13.1 Å². The van der Waals surface area contributed by atoms with Gasteiger partial charge in [0.15, 0.2) is 0 Å². The number of hydrogen-bond acceptors (Lipinski definition) is 6. The smallest absolute Gasteiger partial charge is 0.273 e. The first-order chi connectivity index (χ1) is 7.47. The summed E-state index contributed by atoms with van der Waals surface area (Å²) in [5.74, 6) is 0.0875. The standard InChI is InChI=1S/C8H9N3O3S2/c1-5-2-7(14-10-5)11-16(12,13)8-3-6(9)4-15-8/h2-4,11H,9H2,1H3. The number of anilines is 2. The predicted octanol–water partition coefficient (Wildman–Crippen LogP) is 1.43. The molecule has 2 heterocycles. The van der Waals surface area contributed by atoms with E-state index in [1.54, 1.807) is 12.3 Å². The minimum Gasteiger partial charge on any atom is -0.398 e. The molecule has 6 nitrogen and oxygen atoms in total. The fourth-order valence-electron chi connectivity index (χ4n) is 1.07. The van der Waals surface area contributed by atoms with Gasteiger partial charge in [-0.1, -0.05) is 5.16 Å². The lowest BCUT2D eigenvalue weighted by molar-refractivity contribution is 0.430. The number of thiophene rings is 1. The van der Waals surface area contributed by atoms with Crippen LogP contribution < -0.4 is 10.5 Å². The summed E-state index contributed by atoms with van der Waals surface area (Å²) in [4.78, 5) is 0. The van der Waals surface area contributed by atoms with Crippen molar-refractivity contribution in [3.05, 3.63) is 23.2 Å². The van der Waals surface area contributed by atoms with E-state index >= 15 is 0 Å². The first-order valence-corrected chi connectivity index (χ1v) is 6.64. The van der Waals surface area contributed by atoms with Crippen LogP contribution in [0, 0.1) is 6.92 Å². The van der Waals surface area contributed by atoms with Gasteiger partial charge in [0, 0.05) is 17.1 Å². The highest BCUT2D eigenvalue weighted by atomic mass is 32.2. The molecule has 0 aliphatic carbocycles. The van der Waals surface area contributed by atoms with Gasteiger partial charge in [0.2, 0.25) is 5.88 Å². The van der Waals surface area contributed by atoms with E-state index < -0.39 is 10.0 Å². The van der Waals surface area contributed by atoms with Crippen LogP contribution in [0.3, 0.4) is 0 Å². The lowest BCUT2D eigenvalue weighted by Gasteiger charge is -2.00. The highest BCUT2D eigenvalue weighted by molar-refractivity contribution is 7.94. The second-order valence-electron chi connectivity index (χ2n) is 3.14. The Bertz CT molecular complexity index is 600. The summed E-state index contributed by atoms with van der Waals surface area (Å²) in [7, 11) is -3.62. The zero-order valence-corrected chi connectivity index (χ0v) is 9.93. The molecule has 16 heavy (non-hydrogen) atoms. The molecular weight excluding hydrogens is 250 g/mol. The molecule has 0 spiro atoms. The van der Waals surface area contributed by atoms with Crippen LogP contribution in [0.2, 0.25) is 0 Å². The van der Waals surface area contributed by atoms with Crippen LogP contribution in [-0.2, 0) is 10.0 Å². The maximum Gasteiger partial charge on any atom is 0.273 e. The molecule has 0 fully saturated rings. The number of nitrogens with one attached hydrogen (secondary N) is 1. The van der Waals surface area contributed by atoms with Crippen molar-refractivity contribution in [2.75, 3.05) is 10.5 Å². The zero-order chi connectivity index (χ0) is 11.8. The summed E-state index contributed by atoms with van der Waals surface area (Å²) in [5, 5.41) is 5.13. The normalized spacial score (nSPS) is 11.6. The molecule has 2 aromatic heterocycles. The molecule has 2 aromatic rings. The minimum atomic E-state index is -3.62. The van der Waals surface area contributed by atoms with Crippen LogP contribution in [0.5, 0.6) is 0 Å². The molecule has 0 unspecified atom stereocenters. The predicted molar refractivity (Wildman–Crippen MR) is 60.8 cm³/mol. The van der Waals surface area contributed by atoms with Crippen LogP contribution in [0.25, 0.3) is 0 Å². The maximum atomic E-state index is 11.8. The second-order valence-corrected chi connectivity index (χ2v) is 5.96. The van der Waals surface area contributed by atoms with E-state index in [4.69, 9.17) is 10.3 Å². The van der Waals surface area contributed by atoms with Crippen LogP contribution in [0.1, 0.15) is 5.69 Å². The first kappa shape index (κ1) is 11.0. The Morgan fingerprint density at radius 2 is 2.25 bits per heavy atom. The van der Waals surface area contributed by atoms with E-state index in [1.165, 1.54) is 12.1 Å². The number of aromatic nitrogens is 1. The SMILES string of the molecule is Cc1cc(NS(=O)(=O)c2cc(N)cs2)on1. The van der Waals surface area contributed by atoms with E-state index in [2.05, 4.69) is 9.88 Å². The number of nitrogen functional groups attached to an aromatic ring is 1. The number of nitrogens with zero attached hydrogens (tertiary/aromatic N) is 1. The average Bonchev–Trinajstić information content (AvgIpc) is 2.75. The summed E-state index contributed by atoms with van der Waals surface area (Å²) < 4.78 is 30.7. The van der Waals surface area contributed by atoms with Crippen LogP contribution in [0.15, 0.2) is 26.2 Å². The maximum absolute atomic E-state index is 11.8. The molecule has 0 atom stereocenters. The third-order valence-corrected chi connectivity index (χ3v) is 4.53. The Labute approximate surface area is 96.1 Å². The van der Waals surface area contributed by atoms with Crippen molar-refractivity contribution in [1.82, 2.24) is 5.16 Å². The van der Waals surface area contributed by atoms with Gasteiger partial charge in [-0.15, -0.1) is 11.3 Å². The summed E-state index contributed by atoms with van der Waals surface area (Å²) in [6.45, 7) is 1.70. The van der Waals surface area contributed by atoms with Crippen molar-refractivity contribution in [3.8, 4) is 0 Å². The van der Waals surface area contributed by atoms with Crippen LogP contribution in [0.4, 0.5) is 11.6 Å². The highest BCUT2D eigenvalue weighted by Crippen LogP contribution is 2.24. The molecule has 3 N–H and O–H groups in total. The lowest BCUT2D eigenvalue weighted by Crippen LogP contribution is -2.10. The molecule has 0 aliphatic heterocycles. The largest absolute Gasteiger partial charge is 0.398 e. The summed E-state index contributed by atoms with van der Waals surface area (Å²) in [6, 6.07) is 2.88. The molecule has 0 bridgehead atoms. The number of hydrogen-bond donors (Lipinski definition) is 2. The Balaban J connectivity index is 2.27. The summed E-state index contributed by atoms with van der Waals surface area (Å²) >= 11 is 1.04. The van der Waals surface area contributed by atoms with E-state index in [9.17, 15) is 8.42 Å². The second kappa shape index (κ2) is 3.80. The van der Waals surface area contributed by atoms with Gasteiger partial charge in [-0.2, -0.15) is 0 Å². The number of nitrogens with two attached hydrogens (primary N) is 1. The third kappa shape index (κ3) is 2.17. The fourth-order valence-corrected chi connectivity index (χ4v) is 3.12. The van der Waals surface area contributed by atoms with Gasteiger partial charge < -0.3 is 10.3 Å². The first-order valence-electron chi connectivity index (χ1n) is 4.27. The van der Waals surface area contributed by atoms with Crippen molar-refractivity contribution in [1.29, 1.82) is 0 Å². The molecule has 8 heteroatoms. The van der Waals surface area contributed by atoms with Crippen molar-refractivity contribution in [3.63, 3.8) is 0 Å². The van der Waals surface area contributed by atoms with Gasteiger partial charge in [-0.05, 0) is 13.0 Å². The molecule has 0 amide bonds. The van der Waals surface area contributed by atoms with Crippen molar-refractivity contribution in [2.24, 2.45) is 0 Å². The molecule has 0 aliphatic rings. The third-order valence-electron chi connectivity index (χ3n) is 1.72. The van der Waals surface area contributed by atoms with Gasteiger partial charge in [0.1, 0.15) is 4.21 Å². The molecule has 0 radical (unpaired) electrons. The molecule has 0 saturated heterocycles. The van der Waals surface area contributed by atoms with E-state index in [1.807, 2.05) is 0 Å². The fraction of sp³-hybridized carbons (Fsp3) is 0.125. The lowest BCUT2D eigenvalue weighted by atomic mass is 10.5. The van der Waals surface area contributed by atoms with Crippen molar-refractivity contribution in [2.45, 2.75) is 11.1 Å². The summed E-state index contributed by atoms with van der Waals surface area (Å²) in [5.41, 5.74) is 6.47. The Morgan fingerprint density at radius 3 is 2.75 bits per heavy atom. The highest BCUT2D eigenvalue weighted by Gasteiger charge is 2.18. The number of sulfonamides is 1. The zero-order valence-electron chi connectivity index (χ0n) is 8.30. The van der Waals surface area contributed by atoms with Gasteiger partial charge >= 0.3 is 0 Å². The van der Waals surface area contributed by atoms with Gasteiger partial charge in [0.25, 0.3) is 10.0 Å². The van der Waals surface area contributed by atoms with E-state index in [0.29, 0.717) is 11.4 Å². The topological polar surface area (TPSA) is 98.2 Å². The number of aryl methyl sites for hydroxylation is 1. The quantitative estimate of drug-likeness (QED) is 0.868. The Kier molecular flexibility index (Phi) is 2.60. The van der Waals surface area contributed by atoms with Gasteiger partial charge in [0.05, 0.1) is 5.69 Å².